The Kier molecular flexibility index (Phi) is 5.16. The Morgan fingerprint density at radius 3 is 3.00 bits per heavy atom. The summed E-state index contributed by atoms with van der Waals surface area (Å²) in [5, 5.41) is 9.81. The second kappa shape index (κ2) is 6.68. The molecule has 5 heteroatoms. The largest absolute Gasteiger partial charge is 0.391 e. The number of benzene rings is 1. The molecule has 110 valence electrons. The van der Waals surface area contributed by atoms with Crippen LogP contribution in [-0.4, -0.2) is 35.1 Å². The molecule has 1 amide bonds. The first-order valence-electron chi connectivity index (χ1n) is 6.87. The third kappa shape index (κ3) is 3.79. The number of aliphatic hydroxyl groups is 1. The Morgan fingerprint density at radius 1 is 1.55 bits per heavy atom. The van der Waals surface area contributed by atoms with E-state index in [0.29, 0.717) is 25.9 Å². The number of amides is 1. The topological polar surface area (TPSA) is 40.5 Å². The Hall–Kier alpha value is -0.940. The van der Waals surface area contributed by atoms with Crippen molar-refractivity contribution in [2.24, 2.45) is 5.92 Å². The number of piperidine rings is 1. The molecule has 1 aliphatic rings. The lowest BCUT2D eigenvalue weighted by atomic mass is 9.95. The van der Waals surface area contributed by atoms with Crippen LogP contribution < -0.4 is 0 Å². The third-order valence-corrected chi connectivity index (χ3v) is 4.66. The van der Waals surface area contributed by atoms with Crippen LogP contribution in [0.15, 0.2) is 22.7 Å². The molecule has 3 nitrogen and oxygen atoms in total. The van der Waals surface area contributed by atoms with Gasteiger partial charge in [0.15, 0.2) is 0 Å². The van der Waals surface area contributed by atoms with Gasteiger partial charge in [-0.25, -0.2) is 4.39 Å². The molecule has 0 aromatic heterocycles. The zero-order chi connectivity index (χ0) is 14.7. The SMILES string of the molecule is C[C@@H]1CCN(C(=O)CCc2cc(F)ccc2Br)C[C@@H]1O. The van der Waals surface area contributed by atoms with Gasteiger partial charge in [-0.15, -0.1) is 0 Å². The van der Waals surface area contributed by atoms with Gasteiger partial charge in [0, 0.05) is 24.0 Å². The van der Waals surface area contributed by atoms with Crippen molar-refractivity contribution in [1.82, 2.24) is 4.90 Å². The molecule has 2 rings (SSSR count). The Labute approximate surface area is 126 Å². The minimum Gasteiger partial charge on any atom is -0.391 e. The molecule has 1 saturated heterocycles. The molecule has 1 aromatic rings. The highest BCUT2D eigenvalue weighted by Crippen LogP contribution is 2.21. The summed E-state index contributed by atoms with van der Waals surface area (Å²) >= 11 is 3.36. The zero-order valence-corrected chi connectivity index (χ0v) is 13.1. The van der Waals surface area contributed by atoms with Gasteiger partial charge >= 0.3 is 0 Å². The summed E-state index contributed by atoms with van der Waals surface area (Å²) in [5.41, 5.74) is 0.796. The fourth-order valence-electron chi connectivity index (χ4n) is 2.41. The fraction of sp³-hybridized carbons (Fsp3) is 0.533. The summed E-state index contributed by atoms with van der Waals surface area (Å²) in [5.74, 6) is -0.0265. The number of carbonyl (C=O) groups is 1. The minimum atomic E-state index is -0.436. The maximum atomic E-state index is 13.2. The second-order valence-electron chi connectivity index (χ2n) is 5.41. The van der Waals surface area contributed by atoms with Gasteiger partial charge in [-0.3, -0.25) is 4.79 Å². The average molecular weight is 344 g/mol. The van der Waals surface area contributed by atoms with Crippen molar-refractivity contribution >= 4 is 21.8 Å². The summed E-state index contributed by atoms with van der Waals surface area (Å²) in [4.78, 5) is 13.8. The van der Waals surface area contributed by atoms with Crippen LogP contribution in [0.5, 0.6) is 0 Å². The Bertz CT molecular complexity index is 495. The summed E-state index contributed by atoms with van der Waals surface area (Å²) in [7, 11) is 0. The van der Waals surface area contributed by atoms with Crippen LogP contribution in [0.1, 0.15) is 25.3 Å². The monoisotopic (exact) mass is 343 g/mol. The number of carbonyl (C=O) groups excluding carboxylic acids is 1. The van der Waals surface area contributed by atoms with Crippen molar-refractivity contribution in [2.45, 2.75) is 32.3 Å². The molecule has 0 bridgehead atoms. The number of β-amino-alcohol motifs (C(OH)–C–C–N with tert-alkyl or cyclic N) is 1. The predicted octanol–water partition coefficient (Wildman–Crippen LogP) is 2.75. The Balaban J connectivity index is 1.90. The number of hydrogen-bond acceptors (Lipinski definition) is 2. The first-order valence-corrected chi connectivity index (χ1v) is 7.66. The highest BCUT2D eigenvalue weighted by atomic mass is 79.9. The Morgan fingerprint density at radius 2 is 2.30 bits per heavy atom. The summed E-state index contributed by atoms with van der Waals surface area (Å²) < 4.78 is 14.0. The highest BCUT2D eigenvalue weighted by molar-refractivity contribution is 9.10. The standard InChI is InChI=1S/C15H19BrFNO2/c1-10-6-7-18(9-14(10)19)15(20)5-2-11-8-12(17)3-4-13(11)16/h3-4,8,10,14,19H,2,5-7,9H2,1H3/t10-,14+/m1/s1. The maximum absolute atomic E-state index is 13.2. The van der Waals surface area contributed by atoms with E-state index in [1.54, 1.807) is 11.0 Å². The van der Waals surface area contributed by atoms with Gasteiger partial charge in [-0.05, 0) is 42.5 Å². The quantitative estimate of drug-likeness (QED) is 0.916. The van der Waals surface area contributed by atoms with Gasteiger partial charge < -0.3 is 10.0 Å². The predicted molar refractivity (Wildman–Crippen MR) is 78.8 cm³/mol. The van der Waals surface area contributed by atoms with Crippen LogP contribution in [0.25, 0.3) is 0 Å². The second-order valence-corrected chi connectivity index (χ2v) is 6.26. The summed E-state index contributed by atoms with van der Waals surface area (Å²) in [6, 6.07) is 4.49. The van der Waals surface area contributed by atoms with Gasteiger partial charge in [0.05, 0.1) is 6.10 Å². The molecule has 1 heterocycles. The van der Waals surface area contributed by atoms with Crippen molar-refractivity contribution in [1.29, 1.82) is 0 Å². The number of aryl methyl sites for hydroxylation is 1. The van der Waals surface area contributed by atoms with Crippen LogP contribution in [0, 0.1) is 11.7 Å². The lowest BCUT2D eigenvalue weighted by molar-refractivity contribution is -0.135. The van der Waals surface area contributed by atoms with Crippen molar-refractivity contribution in [3.63, 3.8) is 0 Å². The molecule has 20 heavy (non-hydrogen) atoms. The first kappa shape index (κ1) is 15.4. The molecular formula is C15H19BrFNO2. The first-order chi connectivity index (χ1) is 9.47. The van der Waals surface area contributed by atoms with Crippen molar-refractivity contribution in [3.05, 3.63) is 34.1 Å². The number of halogens is 2. The molecule has 0 saturated carbocycles. The van der Waals surface area contributed by atoms with E-state index in [2.05, 4.69) is 15.9 Å². The van der Waals surface area contributed by atoms with Crippen LogP contribution >= 0.6 is 15.9 Å². The highest BCUT2D eigenvalue weighted by Gasteiger charge is 2.26. The third-order valence-electron chi connectivity index (χ3n) is 3.89. The van der Waals surface area contributed by atoms with Gasteiger partial charge in [0.2, 0.25) is 5.91 Å². The molecule has 1 fully saturated rings. The van der Waals surface area contributed by atoms with Crippen molar-refractivity contribution in [2.75, 3.05) is 13.1 Å². The van der Waals surface area contributed by atoms with Crippen LogP contribution in [0.3, 0.4) is 0 Å². The number of rotatable bonds is 3. The lowest BCUT2D eigenvalue weighted by Crippen LogP contribution is -2.45. The molecule has 1 N–H and O–H groups in total. The molecule has 2 atom stereocenters. The van der Waals surface area contributed by atoms with E-state index in [-0.39, 0.29) is 17.6 Å². The molecule has 0 radical (unpaired) electrons. The number of hydrogen-bond donors (Lipinski definition) is 1. The van der Waals surface area contributed by atoms with E-state index in [1.165, 1.54) is 12.1 Å². The van der Waals surface area contributed by atoms with Gasteiger partial charge in [-0.1, -0.05) is 22.9 Å². The normalized spacial score (nSPS) is 22.9. The molecular weight excluding hydrogens is 325 g/mol. The van der Waals surface area contributed by atoms with E-state index < -0.39 is 6.10 Å². The molecule has 1 aliphatic heterocycles. The smallest absolute Gasteiger partial charge is 0.222 e. The van der Waals surface area contributed by atoms with Crippen molar-refractivity contribution in [3.8, 4) is 0 Å². The fourth-order valence-corrected chi connectivity index (χ4v) is 2.85. The van der Waals surface area contributed by atoms with E-state index in [1.807, 2.05) is 6.92 Å². The summed E-state index contributed by atoms with van der Waals surface area (Å²) in [6.45, 7) is 3.10. The van der Waals surface area contributed by atoms with E-state index in [4.69, 9.17) is 0 Å². The number of likely N-dealkylation sites (tertiary alicyclic amines) is 1. The van der Waals surface area contributed by atoms with E-state index >= 15 is 0 Å². The van der Waals surface area contributed by atoms with Crippen LogP contribution in [0.4, 0.5) is 4.39 Å². The molecule has 0 spiro atoms. The van der Waals surface area contributed by atoms with Gasteiger partial charge in [0.25, 0.3) is 0 Å². The zero-order valence-electron chi connectivity index (χ0n) is 11.5. The summed E-state index contributed by atoms with van der Waals surface area (Å²) in [6.07, 6.45) is 1.23. The lowest BCUT2D eigenvalue weighted by Gasteiger charge is -2.34. The minimum absolute atomic E-state index is 0.0205. The average Bonchev–Trinajstić information content (AvgIpc) is 2.42. The molecule has 0 aliphatic carbocycles. The van der Waals surface area contributed by atoms with Crippen LogP contribution in [-0.2, 0) is 11.2 Å². The van der Waals surface area contributed by atoms with Gasteiger partial charge in [0.1, 0.15) is 5.82 Å². The molecule has 1 aromatic carbocycles. The van der Waals surface area contributed by atoms with Gasteiger partial charge in [-0.2, -0.15) is 0 Å². The number of aliphatic hydroxyl groups excluding tert-OH is 1. The van der Waals surface area contributed by atoms with Crippen molar-refractivity contribution < 1.29 is 14.3 Å². The number of nitrogens with zero attached hydrogens (tertiary/aromatic N) is 1. The maximum Gasteiger partial charge on any atom is 0.222 e. The van der Waals surface area contributed by atoms with Crippen LogP contribution in [0.2, 0.25) is 0 Å². The van der Waals surface area contributed by atoms with E-state index in [0.717, 1.165) is 16.5 Å². The molecule has 0 unspecified atom stereocenters. The van der Waals surface area contributed by atoms with E-state index in [9.17, 15) is 14.3 Å².